The van der Waals surface area contributed by atoms with Gasteiger partial charge >= 0.3 is 19.0 Å². The van der Waals surface area contributed by atoms with E-state index >= 15 is 0 Å². The van der Waals surface area contributed by atoms with Crippen LogP contribution in [-0.4, -0.2) is 31.1 Å². The maximum Gasteiger partial charge on any atom is 0.519 e. The van der Waals surface area contributed by atoms with Gasteiger partial charge in [-0.2, -0.15) is 0 Å². The molecule has 0 aromatic rings. The molecule has 0 rings (SSSR count). The molecule has 0 spiro atoms. The van der Waals surface area contributed by atoms with Crippen LogP contribution in [0.1, 0.15) is 20.8 Å². The van der Waals surface area contributed by atoms with E-state index < -0.39 is 19.0 Å². The van der Waals surface area contributed by atoms with Crippen LogP contribution in [0.4, 0.5) is 0 Å². The Morgan fingerprint density at radius 1 is 1.19 bits per heavy atom. The Labute approximate surface area is 96.5 Å². The molecule has 1 atom stereocenters. The summed E-state index contributed by atoms with van der Waals surface area (Å²) in [6, 6.07) is 0. The second kappa shape index (κ2) is 7.63. The summed E-state index contributed by atoms with van der Waals surface area (Å²) in [5.41, 5.74) is -2.43. The molecule has 16 heavy (non-hydrogen) atoms. The number of rotatable bonds is 9. The molecule has 0 radical (unpaired) electrons. The van der Waals surface area contributed by atoms with Crippen molar-refractivity contribution in [2.75, 3.05) is 19.8 Å². The van der Waals surface area contributed by atoms with Crippen LogP contribution in [0.25, 0.3) is 0 Å². The zero-order valence-corrected chi connectivity index (χ0v) is 10.8. The Morgan fingerprint density at radius 2 is 1.56 bits per heavy atom. The zero-order chi connectivity index (χ0) is 12.6. The predicted molar refractivity (Wildman–Crippen MR) is 60.4 cm³/mol. The number of ether oxygens (including phenoxy) is 3. The number of hydrogen-bond acceptors (Lipinski definition) is 5. The van der Waals surface area contributed by atoms with Crippen molar-refractivity contribution in [3.8, 4) is 0 Å². The molecular formula is C10H18O5P+. The predicted octanol–water partition coefficient (Wildman–Crippen LogP) is 2.25. The summed E-state index contributed by atoms with van der Waals surface area (Å²) in [6.45, 7) is 9.07. The Morgan fingerprint density at radius 3 is 1.81 bits per heavy atom. The molecule has 0 fully saturated rings. The highest BCUT2D eigenvalue weighted by Crippen LogP contribution is 2.43. The fourth-order valence-electron chi connectivity index (χ4n) is 1.07. The highest BCUT2D eigenvalue weighted by molar-refractivity contribution is 7.65. The van der Waals surface area contributed by atoms with Crippen LogP contribution in [0.3, 0.4) is 0 Å². The molecule has 0 aliphatic rings. The van der Waals surface area contributed by atoms with Gasteiger partial charge in [0.1, 0.15) is 0 Å². The molecule has 0 saturated carbocycles. The molecular weight excluding hydrogens is 231 g/mol. The molecule has 0 aromatic heterocycles. The first-order valence-electron chi connectivity index (χ1n) is 5.13. The van der Waals surface area contributed by atoms with Gasteiger partial charge < -0.3 is 0 Å². The van der Waals surface area contributed by atoms with Crippen LogP contribution in [0.15, 0.2) is 12.7 Å². The van der Waals surface area contributed by atoms with Crippen LogP contribution >= 0.6 is 7.80 Å². The highest BCUT2D eigenvalue weighted by atomic mass is 31.1. The molecule has 0 saturated heterocycles. The van der Waals surface area contributed by atoms with Crippen molar-refractivity contribution < 1.29 is 23.6 Å². The lowest BCUT2D eigenvalue weighted by atomic mass is 10.7. The summed E-state index contributed by atoms with van der Waals surface area (Å²) in [4.78, 5) is 11.3. The van der Waals surface area contributed by atoms with Gasteiger partial charge in [-0.15, -0.1) is 0 Å². The van der Waals surface area contributed by atoms with Crippen molar-refractivity contribution in [2.45, 2.75) is 26.5 Å². The van der Waals surface area contributed by atoms with E-state index in [1.54, 1.807) is 20.8 Å². The van der Waals surface area contributed by atoms with Gasteiger partial charge in [0.25, 0.3) is 0 Å². The third-order valence-electron chi connectivity index (χ3n) is 1.60. The molecule has 0 N–H and O–H groups in total. The summed E-state index contributed by atoms with van der Waals surface area (Å²) >= 11 is 0. The summed E-state index contributed by atoms with van der Waals surface area (Å²) in [5.74, 6) is 0. The quantitative estimate of drug-likeness (QED) is 0.356. The van der Waals surface area contributed by atoms with E-state index in [1.807, 2.05) is 0 Å². The van der Waals surface area contributed by atoms with Crippen LogP contribution in [-0.2, 0) is 23.6 Å². The highest BCUT2D eigenvalue weighted by Gasteiger charge is 2.58. The largest absolute Gasteiger partial charge is 0.519 e. The minimum absolute atomic E-state index is 0.228. The number of allylic oxidation sites excluding steroid dienone is 1. The van der Waals surface area contributed by atoms with E-state index in [-0.39, 0.29) is 19.8 Å². The van der Waals surface area contributed by atoms with Crippen LogP contribution in [0, 0.1) is 0 Å². The molecule has 92 valence electrons. The molecule has 6 heteroatoms. The van der Waals surface area contributed by atoms with Crippen molar-refractivity contribution in [1.82, 2.24) is 0 Å². The maximum atomic E-state index is 11.9. The van der Waals surface area contributed by atoms with Gasteiger partial charge in [0.15, 0.2) is 0 Å². The number of carbonyl (C=O) groups excluding carboxylic acids is 1. The van der Waals surface area contributed by atoms with Crippen LogP contribution < -0.4 is 0 Å². The van der Waals surface area contributed by atoms with Gasteiger partial charge in [0.2, 0.25) is 0 Å². The van der Waals surface area contributed by atoms with Gasteiger partial charge in [0, 0.05) is 6.08 Å². The molecule has 0 aliphatic heterocycles. The number of carbonyl (C=O) groups is 1. The van der Waals surface area contributed by atoms with Gasteiger partial charge in [0.05, 0.1) is 19.8 Å². The van der Waals surface area contributed by atoms with Crippen molar-refractivity contribution in [3.63, 3.8) is 0 Å². The molecule has 5 nitrogen and oxygen atoms in total. The van der Waals surface area contributed by atoms with Crippen molar-refractivity contribution in [2.24, 2.45) is 0 Å². The molecule has 0 amide bonds. The lowest BCUT2D eigenvalue weighted by Crippen LogP contribution is -2.37. The minimum atomic E-state index is -2.48. The first-order valence-corrected chi connectivity index (χ1v) is 6.39. The summed E-state index contributed by atoms with van der Waals surface area (Å²) < 4.78 is 27.5. The molecule has 0 bridgehead atoms. The fraction of sp³-hybridized carbons (Fsp3) is 0.700. The third-order valence-corrected chi connectivity index (χ3v) is 3.07. The Balaban J connectivity index is 5.04. The van der Waals surface area contributed by atoms with E-state index in [0.717, 1.165) is 6.08 Å². The first-order chi connectivity index (χ1) is 7.57. The molecule has 0 heterocycles. The van der Waals surface area contributed by atoms with Gasteiger partial charge in [-0.3, -0.25) is 14.2 Å². The molecule has 0 aliphatic carbocycles. The monoisotopic (exact) mass is 249 g/mol. The van der Waals surface area contributed by atoms with E-state index in [9.17, 15) is 9.36 Å². The van der Waals surface area contributed by atoms with E-state index in [1.165, 1.54) is 0 Å². The third kappa shape index (κ3) is 3.76. The van der Waals surface area contributed by atoms with Crippen molar-refractivity contribution >= 4 is 13.3 Å². The van der Waals surface area contributed by atoms with E-state index in [4.69, 9.17) is 14.2 Å². The van der Waals surface area contributed by atoms with Gasteiger partial charge in [-0.05, 0) is 20.8 Å². The Hall–Kier alpha value is -0.610. The first kappa shape index (κ1) is 15.4. The Bertz CT molecular complexity index is 247. The van der Waals surface area contributed by atoms with Crippen LogP contribution in [0.5, 0.6) is 0 Å². The second-order valence-electron chi connectivity index (χ2n) is 2.66. The molecule has 0 aromatic carbocycles. The van der Waals surface area contributed by atoms with Crippen molar-refractivity contribution in [3.05, 3.63) is 12.7 Å². The normalized spacial score (nSPS) is 12.3. The smallest absolute Gasteiger partial charge is 0.286 e. The average molecular weight is 249 g/mol. The fourth-order valence-corrected chi connectivity index (χ4v) is 2.24. The summed E-state index contributed by atoms with van der Waals surface area (Å²) in [7, 11) is -2.48. The molecule has 1 unspecified atom stereocenters. The van der Waals surface area contributed by atoms with Crippen LogP contribution in [0.2, 0.25) is 0 Å². The summed E-state index contributed by atoms with van der Waals surface area (Å²) in [6.07, 6.45) is 0.977. The van der Waals surface area contributed by atoms with E-state index in [0.29, 0.717) is 0 Å². The zero-order valence-electron chi connectivity index (χ0n) is 9.89. The minimum Gasteiger partial charge on any atom is -0.286 e. The topological polar surface area (TPSA) is 61.8 Å². The van der Waals surface area contributed by atoms with Gasteiger partial charge in [-0.1, -0.05) is 11.1 Å². The van der Waals surface area contributed by atoms with Gasteiger partial charge in [-0.25, -0.2) is 4.79 Å². The lowest BCUT2D eigenvalue weighted by Gasteiger charge is -2.20. The van der Waals surface area contributed by atoms with Crippen molar-refractivity contribution in [1.29, 1.82) is 0 Å². The SMILES string of the molecule is C=CC(=O)[P+](=O)C(OCC)(OCC)OCC. The second-order valence-corrected chi connectivity index (χ2v) is 4.24. The summed E-state index contributed by atoms with van der Waals surface area (Å²) in [5, 5.41) is 0. The maximum absolute atomic E-state index is 11.9. The number of hydrogen-bond donors (Lipinski definition) is 0. The van der Waals surface area contributed by atoms with E-state index in [2.05, 4.69) is 6.58 Å². The average Bonchev–Trinajstić information content (AvgIpc) is 2.28. The lowest BCUT2D eigenvalue weighted by molar-refractivity contribution is -0.318. The standard InChI is InChI=1S/C10H18O5P/c1-5-9(11)16(12)10(13-6-2,14-7-3)15-8-4/h5H,1,6-8H2,2-4H3/q+1. The Kier molecular flexibility index (Phi) is 7.34.